The average molecular weight is 223 g/mol. The molecule has 0 spiro atoms. The molecule has 1 rings (SSSR count). The molecule has 0 aliphatic rings. The van der Waals surface area contributed by atoms with Crippen LogP contribution in [0.25, 0.3) is 0 Å². The highest BCUT2D eigenvalue weighted by molar-refractivity contribution is 5.76. The van der Waals surface area contributed by atoms with Gasteiger partial charge in [0.2, 0.25) is 0 Å². The van der Waals surface area contributed by atoms with E-state index in [0.717, 1.165) is 12.1 Å². The Bertz CT molecular complexity index is 352. The number of methoxy groups -OCH3 is 1. The summed E-state index contributed by atoms with van der Waals surface area (Å²) in [6, 6.07) is 3.60. The van der Waals surface area contributed by atoms with Gasteiger partial charge >= 0.3 is 0 Å². The fourth-order valence-corrected chi connectivity index (χ4v) is 1.31. The normalized spacial score (nSPS) is 12.2. The van der Waals surface area contributed by atoms with E-state index in [4.69, 9.17) is 9.47 Å². The summed E-state index contributed by atoms with van der Waals surface area (Å²) < 4.78 is 10.6. The van der Waals surface area contributed by atoms with E-state index >= 15 is 0 Å². The molecule has 1 heterocycles. The second-order valence-corrected chi connectivity index (χ2v) is 3.66. The first kappa shape index (κ1) is 12.6. The van der Waals surface area contributed by atoms with Crippen molar-refractivity contribution >= 4 is 6.29 Å². The number of carbonyl (C=O) groups is 1. The quantitative estimate of drug-likeness (QED) is 0.692. The van der Waals surface area contributed by atoms with Gasteiger partial charge in [0.05, 0.1) is 6.10 Å². The van der Waals surface area contributed by atoms with Crippen LogP contribution in [0, 0.1) is 6.92 Å². The number of hydrogen-bond donors (Lipinski definition) is 0. The molecular formula is C12H17NO3. The summed E-state index contributed by atoms with van der Waals surface area (Å²) in [4.78, 5) is 14.9. The molecular weight excluding hydrogens is 206 g/mol. The van der Waals surface area contributed by atoms with Crippen molar-refractivity contribution in [1.29, 1.82) is 0 Å². The average Bonchev–Trinajstić information content (AvgIpc) is 2.28. The number of hydrogen-bond acceptors (Lipinski definition) is 4. The SMILES string of the molecule is COCCC(C)Oc1ccc(C)nc1C=O. The summed E-state index contributed by atoms with van der Waals surface area (Å²) in [5.74, 6) is 0.532. The molecule has 0 aromatic carbocycles. The highest BCUT2D eigenvalue weighted by Crippen LogP contribution is 2.17. The molecule has 0 N–H and O–H groups in total. The molecule has 0 radical (unpaired) electrons. The third-order valence-electron chi connectivity index (χ3n) is 2.19. The predicted octanol–water partition coefficient (Wildman–Crippen LogP) is 2.01. The molecule has 0 aliphatic heterocycles. The third kappa shape index (κ3) is 3.62. The van der Waals surface area contributed by atoms with Crippen molar-refractivity contribution in [1.82, 2.24) is 4.98 Å². The fourth-order valence-electron chi connectivity index (χ4n) is 1.31. The maximum atomic E-state index is 10.8. The lowest BCUT2D eigenvalue weighted by molar-refractivity contribution is 0.110. The van der Waals surface area contributed by atoms with Crippen molar-refractivity contribution < 1.29 is 14.3 Å². The van der Waals surface area contributed by atoms with Gasteiger partial charge in [0.1, 0.15) is 11.4 Å². The van der Waals surface area contributed by atoms with Crippen LogP contribution in [-0.4, -0.2) is 31.1 Å². The van der Waals surface area contributed by atoms with Gasteiger partial charge in [-0.25, -0.2) is 4.98 Å². The number of rotatable bonds is 6. The number of pyridine rings is 1. The first-order valence-corrected chi connectivity index (χ1v) is 5.25. The smallest absolute Gasteiger partial charge is 0.172 e. The second-order valence-electron chi connectivity index (χ2n) is 3.66. The molecule has 1 atom stereocenters. The number of nitrogens with zero attached hydrogens (tertiary/aromatic N) is 1. The minimum Gasteiger partial charge on any atom is -0.488 e. The van der Waals surface area contributed by atoms with Gasteiger partial charge in [-0.05, 0) is 26.0 Å². The number of ether oxygens (including phenoxy) is 2. The summed E-state index contributed by atoms with van der Waals surface area (Å²) in [7, 11) is 1.65. The maximum absolute atomic E-state index is 10.8. The van der Waals surface area contributed by atoms with Crippen LogP contribution in [0.1, 0.15) is 29.5 Å². The van der Waals surface area contributed by atoms with E-state index in [1.165, 1.54) is 0 Å². The molecule has 1 aromatic rings. The Hall–Kier alpha value is -1.42. The van der Waals surface area contributed by atoms with Gasteiger partial charge in [0.15, 0.2) is 6.29 Å². The molecule has 4 nitrogen and oxygen atoms in total. The first-order valence-electron chi connectivity index (χ1n) is 5.25. The Labute approximate surface area is 95.6 Å². The summed E-state index contributed by atoms with van der Waals surface area (Å²) in [5, 5.41) is 0. The highest BCUT2D eigenvalue weighted by Gasteiger charge is 2.09. The monoisotopic (exact) mass is 223 g/mol. The van der Waals surface area contributed by atoms with E-state index in [-0.39, 0.29) is 6.10 Å². The zero-order valence-electron chi connectivity index (χ0n) is 9.90. The van der Waals surface area contributed by atoms with Gasteiger partial charge in [0.25, 0.3) is 0 Å². The largest absolute Gasteiger partial charge is 0.488 e. The zero-order valence-corrected chi connectivity index (χ0v) is 9.90. The number of carbonyl (C=O) groups excluding carboxylic acids is 1. The van der Waals surface area contributed by atoms with Crippen molar-refractivity contribution in [3.8, 4) is 5.75 Å². The lowest BCUT2D eigenvalue weighted by atomic mass is 10.2. The molecule has 0 amide bonds. The molecule has 88 valence electrons. The van der Waals surface area contributed by atoms with Crippen LogP contribution in [0.2, 0.25) is 0 Å². The summed E-state index contributed by atoms with van der Waals surface area (Å²) in [5.41, 5.74) is 1.16. The predicted molar refractivity (Wildman–Crippen MR) is 60.9 cm³/mol. The van der Waals surface area contributed by atoms with Crippen LogP contribution >= 0.6 is 0 Å². The molecule has 0 saturated heterocycles. The highest BCUT2D eigenvalue weighted by atomic mass is 16.5. The van der Waals surface area contributed by atoms with Crippen molar-refractivity contribution in [2.45, 2.75) is 26.4 Å². The number of aryl methyl sites for hydroxylation is 1. The Balaban J connectivity index is 2.68. The molecule has 0 aliphatic carbocycles. The standard InChI is InChI=1S/C12H17NO3/c1-9-4-5-12(11(8-14)13-9)16-10(2)6-7-15-3/h4-5,8,10H,6-7H2,1-3H3. The Morgan fingerprint density at radius 3 is 2.88 bits per heavy atom. The third-order valence-corrected chi connectivity index (χ3v) is 2.19. The Kier molecular flexibility index (Phi) is 4.92. The van der Waals surface area contributed by atoms with E-state index in [0.29, 0.717) is 24.3 Å². The molecule has 4 heteroatoms. The van der Waals surface area contributed by atoms with Crippen LogP contribution in [-0.2, 0) is 4.74 Å². The van der Waals surface area contributed by atoms with Crippen molar-refractivity contribution in [2.24, 2.45) is 0 Å². The Morgan fingerprint density at radius 2 is 2.25 bits per heavy atom. The summed E-state index contributed by atoms with van der Waals surface area (Å²) in [6.07, 6.45) is 1.50. The van der Waals surface area contributed by atoms with E-state index in [9.17, 15) is 4.79 Å². The first-order chi connectivity index (χ1) is 7.67. The summed E-state index contributed by atoms with van der Waals surface area (Å²) in [6.45, 7) is 4.41. The number of aldehydes is 1. The van der Waals surface area contributed by atoms with E-state index in [1.807, 2.05) is 19.9 Å². The molecule has 0 bridgehead atoms. The lowest BCUT2D eigenvalue weighted by Gasteiger charge is -2.15. The van der Waals surface area contributed by atoms with Crippen molar-refractivity contribution in [3.05, 3.63) is 23.5 Å². The zero-order chi connectivity index (χ0) is 12.0. The van der Waals surface area contributed by atoms with Gasteiger partial charge in [0, 0.05) is 25.8 Å². The fraction of sp³-hybridized carbons (Fsp3) is 0.500. The van der Waals surface area contributed by atoms with E-state index in [2.05, 4.69) is 4.98 Å². The summed E-state index contributed by atoms with van der Waals surface area (Å²) >= 11 is 0. The molecule has 1 unspecified atom stereocenters. The topological polar surface area (TPSA) is 48.4 Å². The van der Waals surface area contributed by atoms with Gasteiger partial charge in [-0.15, -0.1) is 0 Å². The minimum absolute atomic E-state index is 0.00292. The molecule has 0 saturated carbocycles. The minimum atomic E-state index is 0.00292. The van der Waals surface area contributed by atoms with Crippen LogP contribution in [0.5, 0.6) is 5.75 Å². The van der Waals surface area contributed by atoms with Gasteiger partial charge in [-0.2, -0.15) is 0 Å². The molecule has 16 heavy (non-hydrogen) atoms. The Morgan fingerprint density at radius 1 is 1.50 bits per heavy atom. The number of aromatic nitrogens is 1. The lowest BCUT2D eigenvalue weighted by Crippen LogP contribution is -2.15. The van der Waals surface area contributed by atoms with Crippen LogP contribution in [0.15, 0.2) is 12.1 Å². The van der Waals surface area contributed by atoms with Crippen LogP contribution in [0.4, 0.5) is 0 Å². The van der Waals surface area contributed by atoms with Gasteiger partial charge < -0.3 is 9.47 Å². The van der Waals surface area contributed by atoms with Gasteiger partial charge in [-0.1, -0.05) is 0 Å². The second kappa shape index (κ2) is 6.23. The van der Waals surface area contributed by atoms with Crippen LogP contribution in [0.3, 0.4) is 0 Å². The van der Waals surface area contributed by atoms with Crippen molar-refractivity contribution in [3.63, 3.8) is 0 Å². The van der Waals surface area contributed by atoms with E-state index in [1.54, 1.807) is 13.2 Å². The van der Waals surface area contributed by atoms with Crippen LogP contribution < -0.4 is 4.74 Å². The van der Waals surface area contributed by atoms with Crippen molar-refractivity contribution in [2.75, 3.05) is 13.7 Å². The van der Waals surface area contributed by atoms with Gasteiger partial charge in [-0.3, -0.25) is 4.79 Å². The molecule has 1 aromatic heterocycles. The van der Waals surface area contributed by atoms with E-state index < -0.39 is 0 Å². The molecule has 0 fully saturated rings. The maximum Gasteiger partial charge on any atom is 0.172 e.